The molecule has 0 fully saturated rings. The number of ether oxygens (including phenoxy) is 2. The Balaban J connectivity index is 2.22. The number of fused-ring (bicyclic) bond motifs is 1. The first-order chi connectivity index (χ1) is 12.5. The third-order valence-corrected chi connectivity index (χ3v) is 4.45. The van der Waals surface area contributed by atoms with Crippen LogP contribution >= 0.6 is 23.2 Å². The molecule has 0 aliphatic rings. The van der Waals surface area contributed by atoms with Crippen LogP contribution in [0, 0.1) is 11.3 Å². The summed E-state index contributed by atoms with van der Waals surface area (Å²) >= 11 is 12.4. The number of nitrogens with two attached hydrogens (primary N) is 1. The third kappa shape index (κ3) is 3.15. The van der Waals surface area contributed by atoms with Crippen molar-refractivity contribution >= 4 is 51.2 Å². The summed E-state index contributed by atoms with van der Waals surface area (Å²) in [7, 11) is 3.03. The fourth-order valence-electron chi connectivity index (χ4n) is 2.55. The van der Waals surface area contributed by atoms with Gasteiger partial charge in [-0.05, 0) is 18.2 Å². The Kier molecular flexibility index (Phi) is 4.94. The van der Waals surface area contributed by atoms with Crippen LogP contribution in [0.2, 0.25) is 10.0 Å². The number of hydrogen-bond acceptors (Lipinski definition) is 6. The smallest absolute Gasteiger partial charge is 0.142 e. The van der Waals surface area contributed by atoms with Gasteiger partial charge in [-0.15, -0.1) is 0 Å². The van der Waals surface area contributed by atoms with Crippen LogP contribution in [0.25, 0.3) is 10.9 Å². The highest BCUT2D eigenvalue weighted by atomic mass is 35.5. The molecule has 1 heterocycles. The highest BCUT2D eigenvalue weighted by Crippen LogP contribution is 2.39. The number of methoxy groups -OCH3 is 2. The lowest BCUT2D eigenvalue weighted by Gasteiger charge is -2.15. The van der Waals surface area contributed by atoms with Crippen LogP contribution in [0.4, 0.5) is 17.1 Å². The molecule has 3 aromatic rings. The van der Waals surface area contributed by atoms with Gasteiger partial charge in [0, 0.05) is 17.6 Å². The normalized spacial score (nSPS) is 10.4. The van der Waals surface area contributed by atoms with Crippen LogP contribution in [0.5, 0.6) is 11.5 Å². The molecule has 0 amide bonds. The molecule has 3 rings (SSSR count). The number of nitriles is 1. The molecule has 0 unspecified atom stereocenters. The number of rotatable bonds is 4. The fraction of sp³-hybridized carbons (Fsp3) is 0.111. The zero-order chi connectivity index (χ0) is 18.8. The summed E-state index contributed by atoms with van der Waals surface area (Å²) < 4.78 is 10.5. The second-order valence-electron chi connectivity index (χ2n) is 5.36. The van der Waals surface area contributed by atoms with Crippen molar-refractivity contribution in [2.75, 3.05) is 25.3 Å². The van der Waals surface area contributed by atoms with E-state index in [1.165, 1.54) is 20.4 Å². The third-order valence-electron chi connectivity index (χ3n) is 3.84. The van der Waals surface area contributed by atoms with E-state index in [-0.39, 0.29) is 0 Å². The number of nitrogens with zero attached hydrogens (tertiary/aromatic N) is 2. The summed E-state index contributed by atoms with van der Waals surface area (Å²) in [4.78, 5) is 4.28. The average molecular weight is 389 g/mol. The summed E-state index contributed by atoms with van der Waals surface area (Å²) in [6.07, 6.45) is 1.47. The number of aromatic nitrogens is 1. The summed E-state index contributed by atoms with van der Waals surface area (Å²) in [6.45, 7) is 0. The van der Waals surface area contributed by atoms with E-state index in [1.807, 2.05) is 0 Å². The first-order valence-electron chi connectivity index (χ1n) is 7.44. The van der Waals surface area contributed by atoms with Gasteiger partial charge >= 0.3 is 0 Å². The minimum absolute atomic E-state index is 0.342. The van der Waals surface area contributed by atoms with Gasteiger partial charge in [-0.3, -0.25) is 4.98 Å². The Hall–Kier alpha value is -2.88. The quantitative estimate of drug-likeness (QED) is 0.625. The van der Waals surface area contributed by atoms with Gasteiger partial charge in [-0.25, -0.2) is 0 Å². The van der Waals surface area contributed by atoms with Gasteiger partial charge in [0.15, 0.2) is 0 Å². The van der Waals surface area contributed by atoms with Gasteiger partial charge in [0.25, 0.3) is 0 Å². The molecule has 0 radical (unpaired) electrons. The van der Waals surface area contributed by atoms with Crippen LogP contribution in [-0.2, 0) is 0 Å². The van der Waals surface area contributed by atoms with Gasteiger partial charge in [-0.2, -0.15) is 5.26 Å². The van der Waals surface area contributed by atoms with E-state index in [0.717, 1.165) is 0 Å². The molecule has 0 bridgehead atoms. The number of nitrogens with one attached hydrogen (secondary N) is 1. The molecule has 0 atom stereocenters. The number of nitrogen functional groups attached to an aromatic ring is 1. The molecule has 6 nitrogen and oxygen atoms in total. The average Bonchev–Trinajstić information content (AvgIpc) is 2.63. The highest BCUT2D eigenvalue weighted by Gasteiger charge is 2.15. The number of anilines is 3. The van der Waals surface area contributed by atoms with Crippen molar-refractivity contribution < 1.29 is 9.47 Å². The molecule has 0 saturated heterocycles. The van der Waals surface area contributed by atoms with Gasteiger partial charge in [0.05, 0.1) is 52.4 Å². The van der Waals surface area contributed by atoms with Crippen LogP contribution in [0.3, 0.4) is 0 Å². The van der Waals surface area contributed by atoms with Gasteiger partial charge in [-0.1, -0.05) is 23.2 Å². The first-order valence-corrected chi connectivity index (χ1v) is 8.20. The van der Waals surface area contributed by atoms with E-state index < -0.39 is 0 Å². The molecule has 3 N–H and O–H groups in total. The van der Waals surface area contributed by atoms with Crippen LogP contribution in [0.1, 0.15) is 5.56 Å². The molecule has 26 heavy (non-hydrogen) atoms. The number of hydrogen-bond donors (Lipinski definition) is 2. The minimum atomic E-state index is 0.342. The Morgan fingerprint density at radius 1 is 1.08 bits per heavy atom. The lowest BCUT2D eigenvalue weighted by atomic mass is 10.1. The van der Waals surface area contributed by atoms with E-state index in [9.17, 15) is 5.26 Å². The Morgan fingerprint density at radius 3 is 2.46 bits per heavy atom. The maximum atomic E-state index is 9.49. The summed E-state index contributed by atoms with van der Waals surface area (Å²) in [5.41, 5.74) is 8.42. The van der Waals surface area contributed by atoms with Crippen molar-refractivity contribution in [2.24, 2.45) is 0 Å². The molecule has 0 aliphatic carbocycles. The number of benzene rings is 2. The second-order valence-corrected chi connectivity index (χ2v) is 6.18. The zero-order valence-corrected chi connectivity index (χ0v) is 15.4. The zero-order valence-electron chi connectivity index (χ0n) is 13.9. The molecule has 0 spiro atoms. The molecule has 0 aliphatic heterocycles. The Bertz CT molecular complexity index is 1050. The van der Waals surface area contributed by atoms with E-state index in [2.05, 4.69) is 16.4 Å². The van der Waals surface area contributed by atoms with Crippen molar-refractivity contribution in [1.29, 1.82) is 5.26 Å². The van der Waals surface area contributed by atoms with Gasteiger partial charge in [0.2, 0.25) is 0 Å². The summed E-state index contributed by atoms with van der Waals surface area (Å²) in [6, 6.07) is 8.76. The molecule has 132 valence electrons. The topological polar surface area (TPSA) is 93.2 Å². The largest absolute Gasteiger partial charge is 0.495 e. The van der Waals surface area contributed by atoms with Crippen LogP contribution in [0.15, 0.2) is 30.5 Å². The number of pyridine rings is 1. The summed E-state index contributed by atoms with van der Waals surface area (Å²) in [5, 5.41) is 14.1. The molecule has 8 heteroatoms. The fourth-order valence-corrected chi connectivity index (χ4v) is 3.06. The molecule has 0 saturated carbocycles. The van der Waals surface area contributed by atoms with E-state index >= 15 is 0 Å². The monoisotopic (exact) mass is 388 g/mol. The Morgan fingerprint density at radius 2 is 1.81 bits per heavy atom. The predicted octanol–water partition coefficient (Wildman–Crippen LogP) is 4.76. The highest BCUT2D eigenvalue weighted by molar-refractivity contribution is 6.37. The standard InChI is InChI=1S/C18H14Cl2N4O2/c1-25-16-6-15(11(19)4-12(16)20)24-18-9(7-21)8-23-14-5-13(22)17(26-2)3-10(14)18/h3-6,8H,22H2,1-2H3,(H,23,24). The molecule has 2 aromatic carbocycles. The lowest BCUT2D eigenvalue weighted by molar-refractivity contribution is 0.415. The minimum Gasteiger partial charge on any atom is -0.495 e. The van der Waals surface area contributed by atoms with Crippen molar-refractivity contribution in [3.05, 3.63) is 46.1 Å². The van der Waals surface area contributed by atoms with Crippen LogP contribution in [-0.4, -0.2) is 19.2 Å². The van der Waals surface area contributed by atoms with Crippen molar-refractivity contribution in [3.8, 4) is 17.6 Å². The predicted molar refractivity (Wildman–Crippen MR) is 104 cm³/mol. The SMILES string of the molecule is COc1cc2c(Nc3cc(OC)c(Cl)cc3Cl)c(C#N)cnc2cc1N. The molecular formula is C18H14Cl2N4O2. The molecule has 1 aromatic heterocycles. The second kappa shape index (κ2) is 7.16. The van der Waals surface area contributed by atoms with Crippen molar-refractivity contribution in [1.82, 2.24) is 4.98 Å². The van der Waals surface area contributed by atoms with E-state index in [1.54, 1.807) is 24.3 Å². The lowest BCUT2D eigenvalue weighted by Crippen LogP contribution is -2.00. The van der Waals surface area contributed by atoms with E-state index in [0.29, 0.717) is 55.1 Å². The Labute approximate surface area is 160 Å². The molecular weight excluding hydrogens is 375 g/mol. The summed E-state index contributed by atoms with van der Waals surface area (Å²) in [5.74, 6) is 0.939. The van der Waals surface area contributed by atoms with E-state index in [4.69, 9.17) is 38.4 Å². The number of halogens is 2. The van der Waals surface area contributed by atoms with Crippen LogP contribution < -0.4 is 20.5 Å². The van der Waals surface area contributed by atoms with Crippen molar-refractivity contribution in [3.63, 3.8) is 0 Å². The maximum absolute atomic E-state index is 9.49. The van der Waals surface area contributed by atoms with Gasteiger partial charge in [0.1, 0.15) is 17.6 Å². The van der Waals surface area contributed by atoms with Gasteiger partial charge < -0.3 is 20.5 Å². The first kappa shape index (κ1) is 17.9. The maximum Gasteiger partial charge on any atom is 0.142 e. The van der Waals surface area contributed by atoms with Crippen molar-refractivity contribution in [2.45, 2.75) is 0 Å².